The molecule has 228 valence electrons. The molecule has 0 spiro atoms. The average Bonchev–Trinajstić information content (AvgIpc) is 2.97. The smallest absolute Gasteiger partial charge is 0.229 e. The molecule has 0 radical (unpaired) electrons. The minimum atomic E-state index is -1.80. The predicted octanol–water partition coefficient (Wildman–Crippen LogP) is -2.44. The number of aliphatic hydroxyl groups is 8. The summed E-state index contributed by atoms with van der Waals surface area (Å²) in [7, 11) is 0. The second-order valence-corrected chi connectivity index (χ2v) is 10.1. The van der Waals surface area contributed by atoms with Crippen LogP contribution in [0.25, 0.3) is 22.1 Å². The van der Waals surface area contributed by atoms with Crippen LogP contribution in [-0.2, 0) is 9.47 Å². The van der Waals surface area contributed by atoms with Crippen LogP contribution in [0.1, 0.15) is 11.7 Å². The van der Waals surface area contributed by atoms with Gasteiger partial charge in [-0.1, -0.05) is 12.1 Å². The summed E-state index contributed by atoms with van der Waals surface area (Å²) in [5.74, 6) is -1.17. The van der Waals surface area contributed by atoms with Gasteiger partial charge in [0.25, 0.3) is 0 Å². The molecule has 15 nitrogen and oxygen atoms in total. The lowest BCUT2D eigenvalue weighted by Crippen LogP contribution is -2.60. The molecule has 1 aromatic heterocycles. The quantitative estimate of drug-likeness (QED) is 0.142. The first kappa shape index (κ1) is 30.1. The zero-order chi connectivity index (χ0) is 30.5. The zero-order valence-corrected chi connectivity index (χ0v) is 21.7. The Labute approximate surface area is 236 Å². The lowest BCUT2D eigenvalue weighted by atomic mass is 9.89. The Kier molecular flexibility index (Phi) is 8.41. The number of rotatable bonds is 6. The summed E-state index contributed by atoms with van der Waals surface area (Å²) in [4.78, 5) is 13.5. The van der Waals surface area contributed by atoms with E-state index in [1.165, 1.54) is 24.3 Å². The topological polar surface area (TPSA) is 260 Å². The third-order valence-electron chi connectivity index (χ3n) is 7.49. The average molecular weight is 595 g/mol. The molecular weight excluding hydrogens is 564 g/mol. The molecule has 0 saturated carbocycles. The van der Waals surface area contributed by atoms with E-state index in [1.807, 2.05) is 0 Å². The number of phenols is 2. The minimum absolute atomic E-state index is 0.0392. The zero-order valence-electron chi connectivity index (χ0n) is 21.7. The second-order valence-electron chi connectivity index (χ2n) is 10.1. The van der Waals surface area contributed by atoms with Crippen LogP contribution in [0.2, 0.25) is 0 Å². The SMILES string of the molecule is O=c1c(-c2ccc(O[C@@H]3OC(CO)[C@@H](O)C(O)C3O)cc2)coc2c([C@@H]3OC(CO)[C@@H](O)[C@H](O)C3O)c(O)cc(O)c12. The van der Waals surface area contributed by atoms with Gasteiger partial charge >= 0.3 is 0 Å². The van der Waals surface area contributed by atoms with Crippen LogP contribution in [0.3, 0.4) is 0 Å². The Balaban J connectivity index is 1.47. The highest BCUT2D eigenvalue weighted by Gasteiger charge is 2.46. The number of ether oxygens (including phenoxy) is 3. The molecule has 42 heavy (non-hydrogen) atoms. The van der Waals surface area contributed by atoms with Gasteiger partial charge in [-0.25, -0.2) is 0 Å². The number of phenolic OH excluding ortho intramolecular Hbond substituents is 2. The van der Waals surface area contributed by atoms with Crippen LogP contribution >= 0.6 is 0 Å². The number of fused-ring (bicyclic) bond motifs is 1. The first-order chi connectivity index (χ1) is 20.0. The number of aromatic hydroxyl groups is 2. The normalized spacial score (nSPS) is 33.5. The Bertz CT molecular complexity index is 1470. The summed E-state index contributed by atoms with van der Waals surface area (Å²) in [5, 5.41) is 101. The van der Waals surface area contributed by atoms with Crippen molar-refractivity contribution in [2.45, 2.75) is 61.2 Å². The Morgan fingerprint density at radius 1 is 0.738 bits per heavy atom. The fourth-order valence-corrected chi connectivity index (χ4v) is 5.12. The van der Waals surface area contributed by atoms with Crippen LogP contribution in [0.15, 0.2) is 45.8 Å². The first-order valence-electron chi connectivity index (χ1n) is 12.9. The van der Waals surface area contributed by atoms with Crippen LogP contribution < -0.4 is 10.2 Å². The van der Waals surface area contributed by atoms with Crippen molar-refractivity contribution in [2.75, 3.05) is 13.2 Å². The van der Waals surface area contributed by atoms with Gasteiger partial charge in [-0.15, -0.1) is 0 Å². The van der Waals surface area contributed by atoms with Gasteiger partial charge in [-0.3, -0.25) is 4.79 Å². The van der Waals surface area contributed by atoms with Gasteiger partial charge in [0.1, 0.15) is 83.8 Å². The molecule has 10 atom stereocenters. The molecule has 2 aromatic carbocycles. The van der Waals surface area contributed by atoms with Crippen molar-refractivity contribution >= 4 is 11.0 Å². The van der Waals surface area contributed by atoms with Gasteiger partial charge in [0, 0.05) is 6.07 Å². The molecule has 2 fully saturated rings. The van der Waals surface area contributed by atoms with Crippen molar-refractivity contribution in [3.05, 3.63) is 52.4 Å². The number of hydrogen-bond acceptors (Lipinski definition) is 15. The third kappa shape index (κ3) is 5.09. The van der Waals surface area contributed by atoms with Crippen molar-refractivity contribution in [1.29, 1.82) is 0 Å². The molecule has 15 heteroatoms. The molecule has 0 bridgehead atoms. The standard InChI is InChI=1S/C27H30O15/c28-6-14-19(33)21(35)23(37)26(41-14)17-13(31)5-12(30)16-18(32)11(8-39-25(16)17)9-1-3-10(4-2-9)40-27-24(38)22(36)20(34)15(7-29)42-27/h1-5,8,14-15,19-24,26-31,33-38H,6-7H2/t14?,15?,19-,20-,21+,22?,23?,24?,26+,27-/m1/s1. The molecule has 2 aliphatic heterocycles. The number of benzene rings is 2. The van der Waals surface area contributed by atoms with E-state index in [4.69, 9.17) is 18.6 Å². The highest BCUT2D eigenvalue weighted by atomic mass is 16.7. The summed E-state index contributed by atoms with van der Waals surface area (Å²) in [6, 6.07) is 6.50. The maximum Gasteiger partial charge on any atom is 0.229 e. The molecule has 5 rings (SSSR count). The van der Waals surface area contributed by atoms with Crippen molar-refractivity contribution < 1.29 is 69.7 Å². The lowest BCUT2D eigenvalue weighted by Gasteiger charge is -2.40. The van der Waals surface area contributed by atoms with Gasteiger partial charge in [0.2, 0.25) is 11.7 Å². The molecular formula is C27H30O15. The highest BCUT2D eigenvalue weighted by molar-refractivity contribution is 5.91. The van der Waals surface area contributed by atoms with Gasteiger partial charge < -0.3 is 69.7 Å². The van der Waals surface area contributed by atoms with E-state index in [0.717, 1.165) is 12.3 Å². The van der Waals surface area contributed by atoms with Crippen molar-refractivity contribution in [3.8, 4) is 28.4 Å². The number of hydrogen-bond donors (Lipinski definition) is 10. The maximum absolute atomic E-state index is 13.5. The van der Waals surface area contributed by atoms with Crippen molar-refractivity contribution in [3.63, 3.8) is 0 Å². The van der Waals surface area contributed by atoms with E-state index in [0.29, 0.717) is 0 Å². The van der Waals surface area contributed by atoms with Gasteiger partial charge in [0.05, 0.1) is 24.3 Å². The van der Waals surface area contributed by atoms with Crippen LogP contribution in [0.4, 0.5) is 0 Å². The lowest BCUT2D eigenvalue weighted by molar-refractivity contribution is -0.277. The molecule has 5 unspecified atom stereocenters. The van der Waals surface area contributed by atoms with Crippen molar-refractivity contribution in [2.24, 2.45) is 0 Å². The summed E-state index contributed by atoms with van der Waals surface area (Å²) < 4.78 is 22.0. The minimum Gasteiger partial charge on any atom is -0.507 e. The Morgan fingerprint density at radius 3 is 1.95 bits per heavy atom. The fourth-order valence-electron chi connectivity index (χ4n) is 5.12. The Hall–Kier alpha value is -3.35. The second kappa shape index (κ2) is 11.7. The molecule has 2 saturated heterocycles. The van der Waals surface area contributed by atoms with Gasteiger partial charge in [-0.2, -0.15) is 0 Å². The highest BCUT2D eigenvalue weighted by Crippen LogP contribution is 2.43. The molecule has 2 aliphatic rings. The third-order valence-corrected chi connectivity index (χ3v) is 7.49. The fraction of sp³-hybridized carbons (Fsp3) is 0.444. The van der Waals surface area contributed by atoms with E-state index in [-0.39, 0.29) is 33.4 Å². The summed E-state index contributed by atoms with van der Waals surface area (Å²) >= 11 is 0. The monoisotopic (exact) mass is 594 g/mol. The summed E-state index contributed by atoms with van der Waals surface area (Å²) in [5.41, 5.74) is -1.17. The molecule has 3 aromatic rings. The molecule has 0 amide bonds. The number of aliphatic hydroxyl groups excluding tert-OH is 8. The summed E-state index contributed by atoms with van der Waals surface area (Å²) in [6.45, 7) is -1.37. The largest absolute Gasteiger partial charge is 0.507 e. The predicted molar refractivity (Wildman–Crippen MR) is 138 cm³/mol. The van der Waals surface area contributed by atoms with E-state index in [9.17, 15) is 55.9 Å². The molecule has 0 aliphatic carbocycles. The molecule has 3 heterocycles. The Morgan fingerprint density at radius 2 is 1.33 bits per heavy atom. The van der Waals surface area contributed by atoms with E-state index >= 15 is 0 Å². The maximum atomic E-state index is 13.5. The van der Waals surface area contributed by atoms with E-state index in [2.05, 4.69) is 0 Å². The first-order valence-corrected chi connectivity index (χ1v) is 12.9. The van der Waals surface area contributed by atoms with Crippen LogP contribution in [0, 0.1) is 0 Å². The van der Waals surface area contributed by atoms with E-state index in [1.54, 1.807) is 0 Å². The summed E-state index contributed by atoms with van der Waals surface area (Å²) in [6.07, 6.45) is -14.5. The van der Waals surface area contributed by atoms with Crippen LogP contribution in [-0.4, -0.2) is 119 Å². The van der Waals surface area contributed by atoms with Crippen LogP contribution in [0.5, 0.6) is 17.2 Å². The van der Waals surface area contributed by atoms with Gasteiger partial charge in [-0.05, 0) is 17.7 Å². The van der Waals surface area contributed by atoms with Gasteiger partial charge in [0.15, 0.2) is 5.58 Å². The van der Waals surface area contributed by atoms with E-state index < -0.39 is 91.4 Å². The molecule has 10 N–H and O–H groups in total. The van der Waals surface area contributed by atoms with Crippen molar-refractivity contribution in [1.82, 2.24) is 0 Å².